The molecule has 1 aromatic heterocycles. The van der Waals surface area contributed by atoms with Crippen molar-refractivity contribution in [1.29, 1.82) is 0 Å². The number of carbonyl (C=O) groups is 1. The number of carbonyl (C=O) groups excluding carboxylic acids is 1. The molecular weight excluding hydrogens is 216 g/mol. The first-order valence-electron chi connectivity index (χ1n) is 5.84. The van der Waals surface area contributed by atoms with Crippen LogP contribution in [0.2, 0.25) is 0 Å². The fourth-order valence-corrected chi connectivity index (χ4v) is 2.30. The van der Waals surface area contributed by atoms with E-state index in [1.165, 1.54) is 0 Å². The van der Waals surface area contributed by atoms with Crippen LogP contribution in [0, 0.1) is 5.92 Å². The van der Waals surface area contributed by atoms with Gasteiger partial charge in [-0.3, -0.25) is 9.78 Å². The van der Waals surface area contributed by atoms with Crippen molar-refractivity contribution >= 4 is 17.3 Å². The molecule has 1 aromatic rings. The summed E-state index contributed by atoms with van der Waals surface area (Å²) in [6.07, 6.45) is 5.21. The Morgan fingerprint density at radius 2 is 2.24 bits per heavy atom. The number of pyridine rings is 1. The molecule has 92 valence electrons. The van der Waals surface area contributed by atoms with Crippen molar-refractivity contribution in [2.75, 3.05) is 17.2 Å². The maximum Gasteiger partial charge on any atom is 0.222 e. The zero-order valence-electron chi connectivity index (χ0n) is 9.97. The average molecular weight is 234 g/mol. The molecule has 1 amide bonds. The Bertz CT molecular complexity index is 421. The van der Waals surface area contributed by atoms with Crippen LogP contribution in [0.5, 0.6) is 0 Å². The van der Waals surface area contributed by atoms with Crippen LogP contribution in [-0.2, 0) is 4.79 Å². The summed E-state index contributed by atoms with van der Waals surface area (Å²) in [6, 6.07) is 2.27. The van der Waals surface area contributed by atoms with Crippen LogP contribution < -0.4 is 16.4 Å². The van der Waals surface area contributed by atoms with Gasteiger partial charge in [0.05, 0.1) is 23.5 Å². The second kappa shape index (κ2) is 4.61. The molecule has 2 atom stereocenters. The molecular formula is C12H18N4O. The Labute approximate surface area is 101 Å². The molecule has 5 nitrogen and oxygen atoms in total. The molecule has 1 saturated heterocycles. The minimum Gasteiger partial charge on any atom is -0.397 e. The van der Waals surface area contributed by atoms with E-state index in [-0.39, 0.29) is 11.8 Å². The lowest BCUT2D eigenvalue weighted by atomic mass is 9.92. The maximum atomic E-state index is 11.3. The van der Waals surface area contributed by atoms with Gasteiger partial charge in [-0.15, -0.1) is 0 Å². The molecule has 0 spiro atoms. The molecule has 17 heavy (non-hydrogen) atoms. The Morgan fingerprint density at radius 1 is 1.47 bits per heavy atom. The second-order valence-electron chi connectivity index (χ2n) is 4.65. The van der Waals surface area contributed by atoms with Crippen LogP contribution in [0.25, 0.3) is 0 Å². The molecule has 2 heterocycles. The molecule has 4 N–H and O–H groups in total. The summed E-state index contributed by atoms with van der Waals surface area (Å²) < 4.78 is 0. The summed E-state index contributed by atoms with van der Waals surface area (Å²) in [5, 5.41) is 0. The number of piperidine rings is 1. The van der Waals surface area contributed by atoms with Crippen molar-refractivity contribution < 1.29 is 4.79 Å². The highest BCUT2D eigenvalue weighted by molar-refractivity contribution is 5.77. The van der Waals surface area contributed by atoms with Gasteiger partial charge in [-0.1, -0.05) is 0 Å². The summed E-state index contributed by atoms with van der Waals surface area (Å²) >= 11 is 0. The van der Waals surface area contributed by atoms with Gasteiger partial charge >= 0.3 is 0 Å². The van der Waals surface area contributed by atoms with Crippen molar-refractivity contribution in [3.05, 3.63) is 18.5 Å². The fourth-order valence-electron chi connectivity index (χ4n) is 2.30. The van der Waals surface area contributed by atoms with E-state index in [1.807, 2.05) is 6.07 Å². The third kappa shape index (κ3) is 2.49. The summed E-state index contributed by atoms with van der Waals surface area (Å²) in [7, 11) is 0. The third-order valence-corrected chi connectivity index (χ3v) is 3.36. The zero-order chi connectivity index (χ0) is 12.4. The monoisotopic (exact) mass is 234 g/mol. The van der Waals surface area contributed by atoms with E-state index in [4.69, 9.17) is 11.5 Å². The topological polar surface area (TPSA) is 85.2 Å². The number of aromatic nitrogens is 1. The summed E-state index contributed by atoms with van der Waals surface area (Å²) in [5.74, 6) is -0.300. The average Bonchev–Trinajstić information content (AvgIpc) is 2.29. The molecule has 0 aliphatic carbocycles. The lowest BCUT2D eigenvalue weighted by molar-refractivity contribution is -0.122. The predicted molar refractivity (Wildman–Crippen MR) is 67.4 cm³/mol. The standard InChI is InChI=1S/C12H18N4O/c1-8-2-3-9(12(14)17)7-16(8)11-4-10(13)5-15-6-11/h4-6,8-9H,2-3,7,13H2,1H3,(H2,14,17). The number of amides is 1. The highest BCUT2D eigenvalue weighted by Crippen LogP contribution is 2.27. The number of anilines is 2. The SMILES string of the molecule is CC1CCC(C(N)=O)CN1c1cncc(N)c1. The van der Waals surface area contributed by atoms with E-state index >= 15 is 0 Å². The molecule has 0 radical (unpaired) electrons. The molecule has 1 aliphatic rings. The van der Waals surface area contributed by atoms with E-state index in [9.17, 15) is 4.79 Å². The van der Waals surface area contributed by atoms with Crippen LogP contribution in [0.4, 0.5) is 11.4 Å². The van der Waals surface area contributed by atoms with E-state index in [2.05, 4.69) is 16.8 Å². The van der Waals surface area contributed by atoms with E-state index < -0.39 is 0 Å². The quantitative estimate of drug-likeness (QED) is 0.791. The van der Waals surface area contributed by atoms with Crippen LogP contribution >= 0.6 is 0 Å². The Kier molecular flexibility index (Phi) is 3.17. The Balaban J connectivity index is 2.20. The molecule has 0 saturated carbocycles. The van der Waals surface area contributed by atoms with Crippen molar-refractivity contribution in [2.45, 2.75) is 25.8 Å². The van der Waals surface area contributed by atoms with Gasteiger partial charge in [0.15, 0.2) is 0 Å². The number of nitrogen functional groups attached to an aromatic ring is 1. The van der Waals surface area contributed by atoms with Crippen LogP contribution in [0.3, 0.4) is 0 Å². The van der Waals surface area contributed by atoms with Crippen molar-refractivity contribution in [1.82, 2.24) is 4.98 Å². The summed E-state index contributed by atoms with van der Waals surface area (Å²) in [4.78, 5) is 17.5. The predicted octanol–water partition coefficient (Wildman–Crippen LogP) is 0.754. The van der Waals surface area contributed by atoms with Crippen molar-refractivity contribution in [3.63, 3.8) is 0 Å². The number of nitrogens with zero attached hydrogens (tertiary/aromatic N) is 2. The first-order chi connectivity index (χ1) is 8.08. The molecule has 5 heteroatoms. The minimum absolute atomic E-state index is 0.0763. The number of hydrogen-bond donors (Lipinski definition) is 2. The van der Waals surface area contributed by atoms with Crippen LogP contribution in [0.1, 0.15) is 19.8 Å². The third-order valence-electron chi connectivity index (χ3n) is 3.36. The first-order valence-corrected chi connectivity index (χ1v) is 5.84. The number of nitrogens with two attached hydrogens (primary N) is 2. The first kappa shape index (κ1) is 11.7. The number of hydrogen-bond acceptors (Lipinski definition) is 4. The highest BCUT2D eigenvalue weighted by Gasteiger charge is 2.28. The molecule has 2 rings (SSSR count). The van der Waals surface area contributed by atoms with E-state index in [0.717, 1.165) is 18.5 Å². The fraction of sp³-hybridized carbons (Fsp3) is 0.500. The van der Waals surface area contributed by atoms with Crippen LogP contribution in [-0.4, -0.2) is 23.5 Å². The smallest absolute Gasteiger partial charge is 0.222 e. The zero-order valence-corrected chi connectivity index (χ0v) is 9.97. The van der Waals surface area contributed by atoms with Crippen molar-refractivity contribution in [2.24, 2.45) is 11.7 Å². The number of rotatable bonds is 2. The highest BCUT2D eigenvalue weighted by atomic mass is 16.1. The Morgan fingerprint density at radius 3 is 2.88 bits per heavy atom. The molecule has 0 aromatic carbocycles. The van der Waals surface area contributed by atoms with Gasteiger partial charge in [0.2, 0.25) is 5.91 Å². The van der Waals surface area contributed by atoms with Gasteiger partial charge in [-0.05, 0) is 25.8 Å². The van der Waals surface area contributed by atoms with E-state index in [1.54, 1.807) is 12.4 Å². The van der Waals surface area contributed by atoms with Crippen molar-refractivity contribution in [3.8, 4) is 0 Å². The maximum absolute atomic E-state index is 11.3. The molecule has 2 unspecified atom stereocenters. The van der Waals surface area contributed by atoms with Gasteiger partial charge in [-0.25, -0.2) is 0 Å². The second-order valence-corrected chi connectivity index (χ2v) is 4.65. The largest absolute Gasteiger partial charge is 0.397 e. The van der Waals surface area contributed by atoms with Gasteiger partial charge < -0.3 is 16.4 Å². The van der Waals surface area contributed by atoms with Gasteiger partial charge in [0.1, 0.15) is 0 Å². The van der Waals surface area contributed by atoms with Gasteiger partial charge in [0, 0.05) is 18.8 Å². The lowest BCUT2D eigenvalue weighted by Gasteiger charge is -2.38. The lowest BCUT2D eigenvalue weighted by Crippen LogP contribution is -2.45. The van der Waals surface area contributed by atoms with Gasteiger partial charge in [-0.2, -0.15) is 0 Å². The van der Waals surface area contributed by atoms with Gasteiger partial charge in [0.25, 0.3) is 0 Å². The molecule has 1 aliphatic heterocycles. The Hall–Kier alpha value is -1.78. The molecule has 0 bridgehead atoms. The van der Waals surface area contributed by atoms with E-state index in [0.29, 0.717) is 18.3 Å². The normalized spacial score (nSPS) is 24.6. The summed E-state index contributed by atoms with van der Waals surface area (Å²) in [6.45, 7) is 2.79. The molecule has 1 fully saturated rings. The number of primary amides is 1. The van der Waals surface area contributed by atoms with Crippen LogP contribution in [0.15, 0.2) is 18.5 Å². The minimum atomic E-state index is -0.223. The summed E-state index contributed by atoms with van der Waals surface area (Å²) in [5.41, 5.74) is 12.7.